The topological polar surface area (TPSA) is 114 Å². The molecule has 11 heteroatoms. The average molecular weight is 454 g/mol. The van der Waals surface area contributed by atoms with Crippen LogP contribution < -0.4 is 25.4 Å². The van der Waals surface area contributed by atoms with E-state index in [2.05, 4.69) is 26.1 Å². The number of nitrogens with zero attached hydrogens (tertiary/aromatic N) is 2. The van der Waals surface area contributed by atoms with Crippen LogP contribution in [0.1, 0.15) is 26.3 Å². The van der Waals surface area contributed by atoms with Crippen LogP contribution in [0.25, 0.3) is 0 Å². The average Bonchev–Trinajstić information content (AvgIpc) is 3.11. The Hall–Kier alpha value is -2.53. The van der Waals surface area contributed by atoms with E-state index in [0.717, 1.165) is 5.56 Å². The van der Waals surface area contributed by atoms with Crippen LogP contribution in [0.4, 0.5) is 9.93 Å². The molecule has 0 radical (unpaired) electrons. The van der Waals surface area contributed by atoms with Crippen molar-refractivity contribution in [3.05, 3.63) is 23.8 Å². The quantitative estimate of drug-likeness (QED) is 0.395. The van der Waals surface area contributed by atoms with Gasteiger partial charge in [0.2, 0.25) is 11.0 Å². The van der Waals surface area contributed by atoms with Crippen molar-refractivity contribution in [2.75, 3.05) is 31.8 Å². The van der Waals surface area contributed by atoms with Gasteiger partial charge in [-0.2, -0.15) is 0 Å². The highest BCUT2D eigenvalue weighted by Crippen LogP contribution is 2.28. The van der Waals surface area contributed by atoms with Gasteiger partial charge in [-0.3, -0.25) is 10.1 Å². The molecule has 1 aromatic heterocycles. The Morgan fingerprint density at radius 1 is 1.13 bits per heavy atom. The second-order valence-electron chi connectivity index (χ2n) is 7.28. The first kappa shape index (κ1) is 23.7. The van der Waals surface area contributed by atoms with Crippen molar-refractivity contribution in [3.63, 3.8) is 0 Å². The lowest BCUT2D eigenvalue weighted by atomic mass is 10.1. The Morgan fingerprint density at radius 2 is 1.87 bits per heavy atom. The van der Waals surface area contributed by atoms with Crippen LogP contribution in [-0.4, -0.2) is 54.2 Å². The maximum Gasteiger partial charge on any atom is 0.321 e. The predicted octanol–water partition coefficient (Wildman–Crippen LogP) is 2.93. The first-order valence-corrected chi connectivity index (χ1v) is 11.0. The number of urea groups is 1. The number of hydrogen-bond acceptors (Lipinski definition) is 8. The zero-order valence-electron chi connectivity index (χ0n) is 17.7. The van der Waals surface area contributed by atoms with Gasteiger partial charge in [-0.05, 0) is 44.9 Å². The largest absolute Gasteiger partial charge is 0.493 e. The van der Waals surface area contributed by atoms with Gasteiger partial charge in [0.1, 0.15) is 0 Å². The highest BCUT2D eigenvalue weighted by molar-refractivity contribution is 8.01. The molecular weight excluding hydrogens is 426 g/mol. The summed E-state index contributed by atoms with van der Waals surface area (Å²) in [5.74, 6) is 1.45. The second kappa shape index (κ2) is 11.0. The van der Waals surface area contributed by atoms with Crippen LogP contribution in [0.15, 0.2) is 22.5 Å². The summed E-state index contributed by atoms with van der Waals surface area (Å²) in [4.78, 5) is 23.9. The number of nitrogens with one attached hydrogen (secondary N) is 3. The van der Waals surface area contributed by atoms with Crippen molar-refractivity contribution in [1.82, 2.24) is 20.8 Å². The number of carbonyl (C=O) groups is 2. The number of anilines is 1. The third-order valence-corrected chi connectivity index (χ3v) is 5.60. The minimum atomic E-state index is -0.346. The number of ether oxygens (including phenoxy) is 2. The van der Waals surface area contributed by atoms with Crippen molar-refractivity contribution >= 4 is 40.2 Å². The van der Waals surface area contributed by atoms with E-state index in [1.807, 2.05) is 39.0 Å². The summed E-state index contributed by atoms with van der Waals surface area (Å²) in [6.07, 6.45) is 0.673. The van der Waals surface area contributed by atoms with Gasteiger partial charge in [0.25, 0.3) is 0 Å². The molecule has 2 rings (SSSR count). The van der Waals surface area contributed by atoms with Crippen LogP contribution in [0, 0.1) is 0 Å². The number of aromatic nitrogens is 2. The highest BCUT2D eigenvalue weighted by atomic mass is 32.2. The van der Waals surface area contributed by atoms with Crippen LogP contribution in [0.5, 0.6) is 11.5 Å². The molecule has 0 fully saturated rings. The SMILES string of the molecule is COc1ccc(CCNC(=O)CSc2nnc(NC(=O)NC(C)(C)C)s2)cc1OC. The van der Waals surface area contributed by atoms with Crippen LogP contribution in [0.3, 0.4) is 0 Å². The van der Waals surface area contributed by atoms with E-state index >= 15 is 0 Å². The fourth-order valence-electron chi connectivity index (χ4n) is 2.35. The number of amides is 3. The van der Waals surface area contributed by atoms with Crippen molar-refractivity contribution in [3.8, 4) is 11.5 Å². The minimum absolute atomic E-state index is 0.101. The summed E-state index contributed by atoms with van der Waals surface area (Å²) < 4.78 is 11.1. The number of rotatable bonds is 9. The van der Waals surface area contributed by atoms with Gasteiger partial charge in [0, 0.05) is 12.1 Å². The van der Waals surface area contributed by atoms with E-state index < -0.39 is 0 Å². The molecule has 9 nitrogen and oxygen atoms in total. The molecule has 0 spiro atoms. The molecule has 30 heavy (non-hydrogen) atoms. The fraction of sp³-hybridized carbons (Fsp3) is 0.474. The Morgan fingerprint density at radius 3 is 2.53 bits per heavy atom. The lowest BCUT2D eigenvalue weighted by Crippen LogP contribution is -2.43. The molecule has 0 aliphatic heterocycles. The van der Waals surface area contributed by atoms with Crippen molar-refractivity contribution in [1.29, 1.82) is 0 Å². The van der Waals surface area contributed by atoms with E-state index in [4.69, 9.17) is 9.47 Å². The summed E-state index contributed by atoms with van der Waals surface area (Å²) in [7, 11) is 3.18. The van der Waals surface area contributed by atoms with Crippen LogP contribution in [-0.2, 0) is 11.2 Å². The third-order valence-electron chi connectivity index (χ3n) is 3.63. The number of benzene rings is 1. The second-order valence-corrected chi connectivity index (χ2v) is 9.48. The maximum absolute atomic E-state index is 12.1. The van der Waals surface area contributed by atoms with Crippen LogP contribution >= 0.6 is 23.1 Å². The van der Waals surface area contributed by atoms with Gasteiger partial charge in [0.15, 0.2) is 15.8 Å². The lowest BCUT2D eigenvalue weighted by Gasteiger charge is -2.19. The number of hydrogen-bond donors (Lipinski definition) is 3. The molecular formula is C19H27N5O4S2. The summed E-state index contributed by atoms with van der Waals surface area (Å²) in [6.45, 7) is 6.16. The molecule has 164 valence electrons. The molecule has 0 aliphatic rings. The molecule has 0 aliphatic carbocycles. The highest BCUT2D eigenvalue weighted by Gasteiger charge is 2.15. The third kappa shape index (κ3) is 8.07. The zero-order chi connectivity index (χ0) is 22.1. The summed E-state index contributed by atoms with van der Waals surface area (Å²) in [5, 5.41) is 16.6. The lowest BCUT2D eigenvalue weighted by molar-refractivity contribution is -0.118. The zero-order valence-corrected chi connectivity index (χ0v) is 19.3. The number of carbonyl (C=O) groups excluding carboxylic acids is 2. The number of methoxy groups -OCH3 is 2. The summed E-state index contributed by atoms with van der Waals surface area (Å²) >= 11 is 2.49. The van der Waals surface area contributed by atoms with E-state index in [1.165, 1.54) is 23.1 Å². The molecule has 0 saturated heterocycles. The molecule has 0 bridgehead atoms. The van der Waals surface area contributed by atoms with Crippen molar-refractivity contribution < 1.29 is 19.1 Å². The first-order chi connectivity index (χ1) is 14.2. The van der Waals surface area contributed by atoms with E-state index in [1.54, 1.807) is 14.2 Å². The standard InChI is InChI=1S/C19H27N5O4S2/c1-19(2,3)22-16(26)21-17-23-24-18(30-17)29-11-15(25)20-9-8-12-6-7-13(27-4)14(10-12)28-5/h6-7,10H,8-9,11H2,1-5H3,(H,20,25)(H2,21,22,23,26). The van der Waals surface area contributed by atoms with E-state index in [9.17, 15) is 9.59 Å². The molecule has 3 N–H and O–H groups in total. The van der Waals surface area contributed by atoms with Gasteiger partial charge in [0.05, 0.1) is 20.0 Å². The molecule has 3 amide bonds. The Labute approximate surface area is 184 Å². The normalized spacial score (nSPS) is 11.0. The van der Waals surface area contributed by atoms with Gasteiger partial charge in [-0.15, -0.1) is 10.2 Å². The van der Waals surface area contributed by atoms with Gasteiger partial charge >= 0.3 is 6.03 Å². The van der Waals surface area contributed by atoms with E-state index in [-0.39, 0.29) is 23.2 Å². The van der Waals surface area contributed by atoms with Crippen LogP contribution in [0.2, 0.25) is 0 Å². The monoisotopic (exact) mass is 453 g/mol. The Kier molecular flexibility index (Phi) is 8.72. The first-order valence-electron chi connectivity index (χ1n) is 9.23. The van der Waals surface area contributed by atoms with Gasteiger partial charge in [-0.1, -0.05) is 29.2 Å². The van der Waals surface area contributed by atoms with Crippen molar-refractivity contribution in [2.24, 2.45) is 0 Å². The molecule has 0 atom stereocenters. The predicted molar refractivity (Wildman–Crippen MR) is 119 cm³/mol. The Balaban J connectivity index is 1.72. The molecule has 1 heterocycles. The minimum Gasteiger partial charge on any atom is -0.493 e. The summed E-state index contributed by atoms with van der Waals surface area (Å²) in [5.41, 5.74) is 0.690. The molecule has 1 aromatic carbocycles. The molecule has 2 aromatic rings. The van der Waals surface area contributed by atoms with E-state index in [0.29, 0.717) is 33.9 Å². The number of thioether (sulfide) groups is 1. The Bertz CT molecular complexity index is 867. The van der Waals surface area contributed by atoms with Gasteiger partial charge in [-0.25, -0.2) is 4.79 Å². The molecule has 0 saturated carbocycles. The van der Waals surface area contributed by atoms with Crippen molar-refractivity contribution in [2.45, 2.75) is 37.1 Å². The van der Waals surface area contributed by atoms with Gasteiger partial charge < -0.3 is 20.1 Å². The fourth-order valence-corrected chi connectivity index (χ4v) is 3.93. The maximum atomic E-state index is 12.1. The summed E-state index contributed by atoms with van der Waals surface area (Å²) in [6, 6.07) is 5.33. The smallest absolute Gasteiger partial charge is 0.321 e. The molecule has 0 unspecified atom stereocenters.